The second-order valence-electron chi connectivity index (χ2n) is 4.03. The van der Waals surface area contributed by atoms with Gasteiger partial charge in [-0.3, -0.25) is 0 Å². The third-order valence-electron chi connectivity index (χ3n) is 2.82. The summed E-state index contributed by atoms with van der Waals surface area (Å²) < 4.78 is 0. The minimum Gasteiger partial charge on any atom is -0.505 e. The van der Waals surface area contributed by atoms with Crippen LogP contribution in [0, 0.1) is 0 Å². The molecule has 0 saturated carbocycles. The first kappa shape index (κ1) is 12.9. The van der Waals surface area contributed by atoms with E-state index < -0.39 is 0 Å². The van der Waals surface area contributed by atoms with Crippen LogP contribution < -0.4 is 5.32 Å². The van der Waals surface area contributed by atoms with Gasteiger partial charge in [-0.2, -0.15) is 0 Å². The van der Waals surface area contributed by atoms with E-state index in [9.17, 15) is 5.11 Å². The first-order valence-electron chi connectivity index (χ1n) is 5.68. The van der Waals surface area contributed by atoms with Gasteiger partial charge in [0.1, 0.15) is 11.4 Å². The lowest BCUT2D eigenvalue weighted by Crippen LogP contribution is -1.98. The van der Waals surface area contributed by atoms with Crippen LogP contribution in [0.25, 0.3) is 10.8 Å². The van der Waals surface area contributed by atoms with Crippen molar-refractivity contribution >= 4 is 45.5 Å². The van der Waals surface area contributed by atoms with E-state index in [0.29, 0.717) is 21.6 Å². The van der Waals surface area contributed by atoms with Crippen LogP contribution in [0.5, 0.6) is 5.75 Å². The number of rotatable bonds is 2. The lowest BCUT2D eigenvalue weighted by molar-refractivity contribution is 0.484. The molecule has 1 heterocycles. The Hall–Kier alpha value is -2.11. The number of nitrogens with one attached hydrogen (secondary N) is 1. The number of anilines is 2. The van der Waals surface area contributed by atoms with Crippen molar-refractivity contribution < 1.29 is 5.11 Å². The second-order valence-corrected chi connectivity index (χ2v) is 4.78. The molecule has 20 heavy (non-hydrogen) atoms. The van der Waals surface area contributed by atoms with Gasteiger partial charge in [0.15, 0.2) is 5.82 Å². The van der Waals surface area contributed by atoms with Crippen molar-refractivity contribution in [2.45, 2.75) is 0 Å². The van der Waals surface area contributed by atoms with Gasteiger partial charge in [0, 0.05) is 16.8 Å². The van der Waals surface area contributed by atoms with Crippen molar-refractivity contribution in [2.24, 2.45) is 0 Å². The normalized spacial score (nSPS) is 10.7. The van der Waals surface area contributed by atoms with E-state index in [-0.39, 0.29) is 16.5 Å². The maximum Gasteiger partial charge on any atom is 0.156 e. The van der Waals surface area contributed by atoms with Crippen molar-refractivity contribution in [3.8, 4) is 5.75 Å². The van der Waals surface area contributed by atoms with Crippen LogP contribution in [0.4, 0.5) is 11.5 Å². The summed E-state index contributed by atoms with van der Waals surface area (Å²) in [5.74, 6) is 0.414. The molecule has 100 valence electrons. The maximum absolute atomic E-state index is 10.3. The Kier molecular flexibility index (Phi) is 3.30. The number of benzene rings is 2. The van der Waals surface area contributed by atoms with Crippen LogP contribution >= 0.6 is 23.2 Å². The summed E-state index contributed by atoms with van der Waals surface area (Å²) in [7, 11) is 0. The van der Waals surface area contributed by atoms with Crippen LogP contribution in [0.2, 0.25) is 10.0 Å². The molecule has 0 unspecified atom stereocenters. The minimum absolute atomic E-state index is 0.00797. The van der Waals surface area contributed by atoms with Crippen molar-refractivity contribution in [1.82, 2.24) is 15.4 Å². The molecular formula is C13H8Cl2N4O. The molecule has 0 aliphatic heterocycles. The van der Waals surface area contributed by atoms with Crippen LogP contribution in [0.1, 0.15) is 0 Å². The highest BCUT2D eigenvalue weighted by atomic mass is 35.5. The summed E-state index contributed by atoms with van der Waals surface area (Å²) in [6.07, 6.45) is 1.48. The molecule has 0 fully saturated rings. The fourth-order valence-electron chi connectivity index (χ4n) is 1.90. The summed E-state index contributed by atoms with van der Waals surface area (Å²) >= 11 is 12.4. The summed E-state index contributed by atoms with van der Waals surface area (Å²) in [6, 6.07) is 8.79. The molecule has 0 aliphatic carbocycles. The Bertz CT molecular complexity index is 780. The van der Waals surface area contributed by atoms with E-state index in [4.69, 9.17) is 23.2 Å². The summed E-state index contributed by atoms with van der Waals surface area (Å²) in [4.78, 5) is 0. The third kappa shape index (κ3) is 2.11. The topological polar surface area (TPSA) is 70.9 Å². The molecule has 0 amide bonds. The highest BCUT2D eigenvalue weighted by molar-refractivity contribution is 6.47. The quantitative estimate of drug-likeness (QED) is 0.705. The SMILES string of the molecule is Oc1c(Nc2ccnnn2)c(Cl)c(Cl)c2ccccc12. The molecule has 1 aromatic heterocycles. The summed E-state index contributed by atoms with van der Waals surface area (Å²) in [6.45, 7) is 0. The van der Waals surface area contributed by atoms with E-state index in [1.807, 2.05) is 12.1 Å². The second kappa shape index (κ2) is 5.11. The van der Waals surface area contributed by atoms with Gasteiger partial charge >= 0.3 is 0 Å². The standard InChI is InChI=1S/C13H8Cl2N4O/c14-10-7-3-1-2-4-8(7)13(20)12(11(10)15)17-9-5-6-16-19-18-9/h1-6,20H,(H,16,17,18). The fraction of sp³-hybridized carbons (Fsp3) is 0. The molecule has 0 bridgehead atoms. The first-order chi connectivity index (χ1) is 9.68. The molecule has 0 saturated heterocycles. The van der Waals surface area contributed by atoms with E-state index in [0.717, 1.165) is 0 Å². The Morgan fingerprint density at radius 3 is 2.45 bits per heavy atom. The number of aromatic hydroxyl groups is 1. The van der Waals surface area contributed by atoms with Crippen molar-refractivity contribution in [3.05, 3.63) is 46.6 Å². The van der Waals surface area contributed by atoms with Gasteiger partial charge in [0.2, 0.25) is 0 Å². The monoisotopic (exact) mass is 306 g/mol. The lowest BCUT2D eigenvalue weighted by Gasteiger charge is -2.13. The van der Waals surface area contributed by atoms with Gasteiger partial charge in [0.25, 0.3) is 0 Å². The molecule has 3 aromatic rings. The molecule has 5 nitrogen and oxygen atoms in total. The predicted molar refractivity (Wildman–Crippen MR) is 78.7 cm³/mol. The smallest absolute Gasteiger partial charge is 0.156 e. The average Bonchev–Trinajstić information content (AvgIpc) is 2.50. The zero-order valence-corrected chi connectivity index (χ0v) is 11.5. The largest absolute Gasteiger partial charge is 0.505 e. The zero-order chi connectivity index (χ0) is 14.1. The molecule has 0 aliphatic rings. The molecule has 7 heteroatoms. The molecule has 2 aromatic carbocycles. The number of phenolic OH excluding ortho intramolecular Hbond substituents is 1. The number of hydrogen-bond donors (Lipinski definition) is 2. The van der Waals surface area contributed by atoms with Gasteiger partial charge in [-0.15, -0.1) is 10.2 Å². The number of aromatic nitrogens is 3. The molecular weight excluding hydrogens is 299 g/mol. The molecule has 0 spiro atoms. The Morgan fingerprint density at radius 2 is 1.75 bits per heavy atom. The highest BCUT2D eigenvalue weighted by Gasteiger charge is 2.17. The number of fused-ring (bicyclic) bond motifs is 1. The molecule has 0 atom stereocenters. The van der Waals surface area contributed by atoms with Crippen LogP contribution in [-0.4, -0.2) is 20.5 Å². The number of phenols is 1. The Morgan fingerprint density at radius 1 is 1.00 bits per heavy atom. The van der Waals surface area contributed by atoms with E-state index in [1.54, 1.807) is 18.2 Å². The third-order valence-corrected chi connectivity index (χ3v) is 3.69. The van der Waals surface area contributed by atoms with Crippen molar-refractivity contribution in [2.75, 3.05) is 5.32 Å². The van der Waals surface area contributed by atoms with Crippen LogP contribution in [0.15, 0.2) is 36.5 Å². The summed E-state index contributed by atoms with van der Waals surface area (Å²) in [5, 5.41) is 26.0. The average molecular weight is 307 g/mol. The van der Waals surface area contributed by atoms with E-state index >= 15 is 0 Å². The highest BCUT2D eigenvalue weighted by Crippen LogP contribution is 2.45. The van der Waals surface area contributed by atoms with Crippen molar-refractivity contribution in [1.29, 1.82) is 0 Å². The van der Waals surface area contributed by atoms with Gasteiger partial charge in [0.05, 0.1) is 16.2 Å². The maximum atomic E-state index is 10.3. The lowest BCUT2D eigenvalue weighted by atomic mass is 10.1. The number of hydrogen-bond acceptors (Lipinski definition) is 5. The van der Waals surface area contributed by atoms with Gasteiger partial charge in [-0.1, -0.05) is 47.5 Å². The Labute approximate surface area is 124 Å². The Balaban J connectivity index is 2.21. The minimum atomic E-state index is 0.00797. The molecule has 0 radical (unpaired) electrons. The van der Waals surface area contributed by atoms with Gasteiger partial charge in [-0.05, 0) is 5.21 Å². The zero-order valence-electron chi connectivity index (χ0n) is 10.0. The number of halogens is 2. The summed E-state index contributed by atoms with van der Waals surface area (Å²) in [5.41, 5.74) is 0.288. The van der Waals surface area contributed by atoms with E-state index in [2.05, 4.69) is 20.7 Å². The van der Waals surface area contributed by atoms with Gasteiger partial charge < -0.3 is 10.4 Å². The predicted octanol–water partition coefficient (Wildman–Crippen LogP) is 3.78. The molecule has 2 N–H and O–H groups in total. The first-order valence-corrected chi connectivity index (χ1v) is 6.44. The fourth-order valence-corrected chi connectivity index (χ4v) is 2.40. The van der Waals surface area contributed by atoms with Gasteiger partial charge in [-0.25, -0.2) is 0 Å². The van der Waals surface area contributed by atoms with Crippen LogP contribution in [-0.2, 0) is 0 Å². The molecule has 3 rings (SSSR count). The van der Waals surface area contributed by atoms with E-state index in [1.165, 1.54) is 6.20 Å². The van der Waals surface area contributed by atoms with Crippen LogP contribution in [0.3, 0.4) is 0 Å². The number of nitrogens with zero attached hydrogens (tertiary/aromatic N) is 3. The van der Waals surface area contributed by atoms with Crippen molar-refractivity contribution in [3.63, 3.8) is 0 Å².